The number of nitrogens with zero attached hydrogens (tertiary/aromatic N) is 1. The van der Waals surface area contributed by atoms with Crippen LogP contribution in [0.25, 0.3) is 0 Å². The van der Waals surface area contributed by atoms with Crippen molar-refractivity contribution in [3.8, 4) is 5.75 Å². The molecule has 1 aromatic heterocycles. The van der Waals surface area contributed by atoms with E-state index in [2.05, 4.69) is 4.98 Å². The lowest BCUT2D eigenvalue weighted by atomic mass is 10.3. The second-order valence-corrected chi connectivity index (χ2v) is 3.06. The van der Waals surface area contributed by atoms with Crippen molar-refractivity contribution in [1.29, 1.82) is 0 Å². The highest BCUT2D eigenvalue weighted by Crippen LogP contribution is 2.28. The molecule has 0 unspecified atom stereocenters. The molecule has 1 heterocycles. The summed E-state index contributed by atoms with van der Waals surface area (Å²) in [6.45, 7) is 1.70. The minimum absolute atomic E-state index is 0.298. The van der Waals surface area contributed by atoms with Crippen LogP contribution in [-0.4, -0.2) is 11.1 Å². The maximum atomic E-state index is 12.9. The van der Waals surface area contributed by atoms with Gasteiger partial charge in [-0.1, -0.05) is 0 Å². The Bertz CT molecular complexity index is 297. The van der Waals surface area contributed by atoms with Gasteiger partial charge in [0.2, 0.25) is 0 Å². The molecule has 1 saturated carbocycles. The third-order valence-electron chi connectivity index (χ3n) is 1.93. The number of hydrogen-bond donors (Lipinski definition) is 0. The Morgan fingerprint density at radius 2 is 2.25 bits per heavy atom. The zero-order valence-electron chi connectivity index (χ0n) is 6.88. The van der Waals surface area contributed by atoms with Gasteiger partial charge in [-0.15, -0.1) is 0 Å². The topological polar surface area (TPSA) is 22.1 Å². The highest BCUT2D eigenvalue weighted by atomic mass is 19.1. The van der Waals surface area contributed by atoms with Crippen LogP contribution in [0.4, 0.5) is 4.39 Å². The molecule has 0 N–H and O–H groups in total. The number of pyridine rings is 1. The van der Waals surface area contributed by atoms with E-state index in [-0.39, 0.29) is 5.82 Å². The molecule has 0 aliphatic heterocycles. The molecule has 1 aliphatic rings. The summed E-state index contributed by atoms with van der Waals surface area (Å²) < 4.78 is 18.3. The van der Waals surface area contributed by atoms with Crippen LogP contribution >= 0.6 is 0 Å². The fourth-order valence-corrected chi connectivity index (χ4v) is 0.966. The lowest BCUT2D eigenvalue weighted by molar-refractivity contribution is 0.297. The van der Waals surface area contributed by atoms with Crippen molar-refractivity contribution >= 4 is 0 Å². The maximum Gasteiger partial charge on any atom is 0.148 e. The Labute approximate surface area is 70.4 Å². The van der Waals surface area contributed by atoms with Crippen molar-refractivity contribution < 1.29 is 9.13 Å². The molecule has 1 aliphatic carbocycles. The van der Waals surface area contributed by atoms with Crippen LogP contribution in [0, 0.1) is 12.7 Å². The number of halogens is 1. The highest BCUT2D eigenvalue weighted by molar-refractivity contribution is 5.30. The maximum absolute atomic E-state index is 12.9. The summed E-state index contributed by atoms with van der Waals surface area (Å²) in [5, 5.41) is 0. The van der Waals surface area contributed by atoms with Crippen LogP contribution < -0.4 is 4.74 Å². The summed E-state index contributed by atoms with van der Waals surface area (Å²) in [4.78, 5) is 3.73. The largest absolute Gasteiger partial charge is 0.488 e. The monoisotopic (exact) mass is 167 g/mol. The van der Waals surface area contributed by atoms with Crippen LogP contribution in [0.3, 0.4) is 0 Å². The van der Waals surface area contributed by atoms with Crippen molar-refractivity contribution in [2.24, 2.45) is 0 Å². The first-order valence-electron chi connectivity index (χ1n) is 4.04. The van der Waals surface area contributed by atoms with Gasteiger partial charge in [0.25, 0.3) is 0 Å². The van der Waals surface area contributed by atoms with Crippen molar-refractivity contribution in [3.05, 3.63) is 23.8 Å². The van der Waals surface area contributed by atoms with Gasteiger partial charge in [0, 0.05) is 5.56 Å². The molecule has 0 bridgehead atoms. The van der Waals surface area contributed by atoms with Gasteiger partial charge in [-0.25, -0.2) is 4.39 Å². The third kappa shape index (κ3) is 1.40. The van der Waals surface area contributed by atoms with Gasteiger partial charge in [0.15, 0.2) is 0 Å². The van der Waals surface area contributed by atoms with E-state index in [1.54, 1.807) is 13.1 Å². The Balaban J connectivity index is 2.23. The number of ether oxygens (including phenoxy) is 1. The summed E-state index contributed by atoms with van der Waals surface area (Å²) in [5.74, 6) is 0.283. The van der Waals surface area contributed by atoms with Crippen molar-refractivity contribution in [3.63, 3.8) is 0 Å². The second-order valence-electron chi connectivity index (χ2n) is 3.06. The molecule has 0 radical (unpaired) electrons. The molecule has 0 amide bonds. The fraction of sp³-hybridized carbons (Fsp3) is 0.444. The predicted octanol–water partition coefficient (Wildman–Crippen LogP) is 2.07. The van der Waals surface area contributed by atoms with Crippen LogP contribution in [0.5, 0.6) is 5.75 Å². The summed E-state index contributed by atoms with van der Waals surface area (Å²) >= 11 is 0. The normalized spacial score (nSPS) is 16.2. The van der Waals surface area contributed by atoms with Crippen LogP contribution in [0.2, 0.25) is 0 Å². The van der Waals surface area contributed by atoms with E-state index in [4.69, 9.17) is 4.74 Å². The predicted molar refractivity (Wildman–Crippen MR) is 42.6 cm³/mol. The van der Waals surface area contributed by atoms with E-state index >= 15 is 0 Å². The molecule has 0 spiro atoms. The molecule has 0 atom stereocenters. The number of rotatable bonds is 2. The summed E-state index contributed by atoms with van der Waals surface area (Å²) in [6.07, 6.45) is 5.23. The van der Waals surface area contributed by atoms with Crippen LogP contribution in [0.1, 0.15) is 18.4 Å². The second kappa shape index (κ2) is 2.73. The summed E-state index contributed by atoms with van der Waals surface area (Å²) in [5.41, 5.74) is 0.553. The Morgan fingerprint density at radius 3 is 2.92 bits per heavy atom. The minimum Gasteiger partial charge on any atom is -0.488 e. The van der Waals surface area contributed by atoms with Crippen molar-refractivity contribution in [2.45, 2.75) is 25.9 Å². The van der Waals surface area contributed by atoms with Gasteiger partial charge in [-0.3, -0.25) is 4.98 Å². The molecule has 2 nitrogen and oxygen atoms in total. The van der Waals surface area contributed by atoms with E-state index in [0.717, 1.165) is 12.8 Å². The standard InChI is InChI=1S/C9H10FNO/c1-6-8(10)4-11-5-9(6)12-7-2-3-7/h4-5,7H,2-3H2,1H3. The summed E-state index contributed by atoms with van der Waals surface area (Å²) in [6, 6.07) is 0. The fourth-order valence-electron chi connectivity index (χ4n) is 0.966. The van der Waals surface area contributed by atoms with Crippen molar-refractivity contribution in [2.75, 3.05) is 0 Å². The lowest BCUT2D eigenvalue weighted by Gasteiger charge is -2.06. The molecular weight excluding hydrogens is 157 g/mol. The molecule has 2 rings (SSSR count). The van der Waals surface area contributed by atoms with E-state index in [9.17, 15) is 4.39 Å². The first-order valence-corrected chi connectivity index (χ1v) is 4.04. The molecule has 64 valence electrons. The van der Waals surface area contributed by atoms with E-state index in [0.29, 0.717) is 17.4 Å². The van der Waals surface area contributed by atoms with Crippen LogP contribution in [0.15, 0.2) is 12.4 Å². The quantitative estimate of drug-likeness (QED) is 0.672. The molecular formula is C9H10FNO. The Hall–Kier alpha value is -1.12. The molecule has 12 heavy (non-hydrogen) atoms. The van der Waals surface area contributed by atoms with E-state index < -0.39 is 0 Å². The molecule has 1 aromatic rings. The van der Waals surface area contributed by atoms with Gasteiger partial charge in [0.05, 0.1) is 18.5 Å². The highest BCUT2D eigenvalue weighted by Gasteiger charge is 2.24. The zero-order chi connectivity index (χ0) is 8.55. The first kappa shape index (κ1) is 7.53. The average Bonchev–Trinajstić information content (AvgIpc) is 2.83. The van der Waals surface area contributed by atoms with Crippen LogP contribution in [-0.2, 0) is 0 Å². The zero-order valence-corrected chi connectivity index (χ0v) is 6.88. The van der Waals surface area contributed by atoms with Gasteiger partial charge in [0.1, 0.15) is 11.6 Å². The minimum atomic E-state index is -0.298. The number of aromatic nitrogens is 1. The van der Waals surface area contributed by atoms with Crippen molar-refractivity contribution in [1.82, 2.24) is 4.98 Å². The molecule has 0 aromatic carbocycles. The van der Waals surface area contributed by atoms with Gasteiger partial charge < -0.3 is 4.74 Å². The Morgan fingerprint density at radius 1 is 1.50 bits per heavy atom. The van der Waals surface area contributed by atoms with Gasteiger partial charge in [-0.05, 0) is 19.8 Å². The van der Waals surface area contributed by atoms with Gasteiger partial charge >= 0.3 is 0 Å². The molecule has 3 heteroatoms. The summed E-state index contributed by atoms with van der Waals surface area (Å²) in [7, 11) is 0. The molecule has 1 fully saturated rings. The SMILES string of the molecule is Cc1c(F)cncc1OC1CC1. The van der Waals surface area contributed by atoms with Gasteiger partial charge in [-0.2, -0.15) is 0 Å². The number of hydrogen-bond acceptors (Lipinski definition) is 2. The average molecular weight is 167 g/mol. The third-order valence-corrected chi connectivity index (χ3v) is 1.93. The smallest absolute Gasteiger partial charge is 0.148 e. The first-order chi connectivity index (χ1) is 5.77. The van der Waals surface area contributed by atoms with E-state index in [1.165, 1.54) is 6.20 Å². The lowest BCUT2D eigenvalue weighted by Crippen LogP contribution is -1.99. The Kier molecular flexibility index (Phi) is 1.71. The van der Waals surface area contributed by atoms with E-state index in [1.807, 2.05) is 0 Å². The molecule has 0 saturated heterocycles.